The average molecular weight is 176 g/mol. The van der Waals surface area contributed by atoms with Crippen LogP contribution in [0.15, 0.2) is 30.3 Å². The Hall–Kier alpha value is 0.326. The molecule has 0 aliphatic rings. The van der Waals surface area contributed by atoms with E-state index in [9.17, 15) is 4.79 Å². The van der Waals surface area contributed by atoms with Gasteiger partial charge in [-0.1, -0.05) is 18.2 Å². The predicted molar refractivity (Wildman–Crippen MR) is 44.9 cm³/mol. The molecular weight excluding hydrogens is 167 g/mol. The van der Waals surface area contributed by atoms with Gasteiger partial charge < -0.3 is 4.74 Å². The zero-order valence-corrected chi connectivity index (χ0v) is 5.70. The Kier molecular flexibility index (Phi) is 6.09. The summed E-state index contributed by atoms with van der Waals surface area (Å²) in [5, 5.41) is 0. The SMILES string of the molecule is CC(=O)Oc1ccccc1.[KH]. The molecule has 0 unspecified atom stereocenters. The van der Waals surface area contributed by atoms with E-state index < -0.39 is 0 Å². The molecular formula is C8H9KO2. The number of benzene rings is 1. The van der Waals surface area contributed by atoms with E-state index >= 15 is 0 Å². The van der Waals surface area contributed by atoms with Gasteiger partial charge in [-0.15, -0.1) is 0 Å². The molecule has 0 saturated heterocycles. The van der Waals surface area contributed by atoms with Crippen molar-refractivity contribution in [3.8, 4) is 5.75 Å². The molecule has 0 fully saturated rings. The third kappa shape index (κ3) is 4.71. The summed E-state index contributed by atoms with van der Waals surface area (Å²) >= 11 is 0. The minimum absolute atomic E-state index is 0. The molecule has 11 heavy (non-hydrogen) atoms. The fourth-order valence-corrected chi connectivity index (χ4v) is 0.655. The second-order valence-electron chi connectivity index (χ2n) is 1.91. The number of carbonyl (C=O) groups excluding carboxylic acids is 1. The molecule has 3 heteroatoms. The summed E-state index contributed by atoms with van der Waals surface area (Å²) in [4.78, 5) is 10.4. The molecule has 54 valence electrons. The third-order valence-corrected chi connectivity index (χ3v) is 1.00. The Bertz CT molecular complexity index is 221. The van der Waals surface area contributed by atoms with E-state index in [1.54, 1.807) is 12.1 Å². The summed E-state index contributed by atoms with van der Waals surface area (Å²) in [5.41, 5.74) is 0. The molecule has 0 atom stereocenters. The van der Waals surface area contributed by atoms with Gasteiger partial charge in [-0.2, -0.15) is 0 Å². The summed E-state index contributed by atoms with van der Waals surface area (Å²) < 4.78 is 4.78. The zero-order chi connectivity index (χ0) is 7.40. The number of esters is 1. The van der Waals surface area contributed by atoms with Crippen LogP contribution < -0.4 is 4.74 Å². The van der Waals surface area contributed by atoms with E-state index in [1.165, 1.54) is 6.92 Å². The zero-order valence-electron chi connectivity index (χ0n) is 5.70. The van der Waals surface area contributed by atoms with Gasteiger partial charge in [-0.3, -0.25) is 4.79 Å². The van der Waals surface area contributed by atoms with Crippen LogP contribution in [0, 0.1) is 0 Å². The van der Waals surface area contributed by atoms with E-state index in [-0.39, 0.29) is 57.4 Å². The molecule has 0 aromatic heterocycles. The molecule has 0 heterocycles. The number of ether oxygens (including phenoxy) is 1. The van der Waals surface area contributed by atoms with Crippen molar-refractivity contribution in [3.63, 3.8) is 0 Å². The molecule has 1 aromatic rings. The van der Waals surface area contributed by atoms with Crippen LogP contribution in [-0.4, -0.2) is 57.4 Å². The Morgan fingerprint density at radius 1 is 1.27 bits per heavy atom. The first-order valence-corrected chi connectivity index (χ1v) is 3.02. The van der Waals surface area contributed by atoms with Crippen molar-refractivity contribution in [2.24, 2.45) is 0 Å². The molecule has 0 amide bonds. The molecule has 1 rings (SSSR count). The number of carbonyl (C=O) groups is 1. The molecule has 0 aliphatic carbocycles. The fraction of sp³-hybridized carbons (Fsp3) is 0.125. The summed E-state index contributed by atoms with van der Waals surface area (Å²) in [6.07, 6.45) is 0. The number of rotatable bonds is 1. The fourth-order valence-electron chi connectivity index (χ4n) is 0.655. The van der Waals surface area contributed by atoms with Crippen LogP contribution in [0.1, 0.15) is 6.92 Å². The van der Waals surface area contributed by atoms with Gasteiger partial charge in [-0.25, -0.2) is 0 Å². The minimum atomic E-state index is -0.286. The summed E-state index contributed by atoms with van der Waals surface area (Å²) in [5.74, 6) is 0.307. The van der Waals surface area contributed by atoms with Crippen LogP contribution >= 0.6 is 0 Å². The van der Waals surface area contributed by atoms with Gasteiger partial charge in [0.2, 0.25) is 0 Å². The topological polar surface area (TPSA) is 26.3 Å². The standard InChI is InChI=1S/C8H8O2.K.H/c1-7(9)10-8-5-3-2-4-6-8;;/h2-6H,1H3;;. The molecule has 1 aromatic carbocycles. The summed E-state index contributed by atoms with van der Waals surface area (Å²) in [7, 11) is 0. The monoisotopic (exact) mass is 176 g/mol. The maximum absolute atomic E-state index is 10.4. The van der Waals surface area contributed by atoms with Gasteiger partial charge in [0.15, 0.2) is 0 Å². The molecule has 0 bridgehead atoms. The quantitative estimate of drug-likeness (QED) is 0.362. The van der Waals surface area contributed by atoms with Gasteiger partial charge in [0.1, 0.15) is 5.75 Å². The first-order chi connectivity index (χ1) is 4.79. The van der Waals surface area contributed by atoms with Crippen molar-refractivity contribution in [1.82, 2.24) is 0 Å². The van der Waals surface area contributed by atoms with Gasteiger partial charge in [0.05, 0.1) is 0 Å². The molecule has 2 nitrogen and oxygen atoms in total. The van der Waals surface area contributed by atoms with Crippen LogP contribution in [0.25, 0.3) is 0 Å². The first kappa shape index (κ1) is 11.3. The first-order valence-electron chi connectivity index (χ1n) is 3.02. The summed E-state index contributed by atoms with van der Waals surface area (Å²) in [6.45, 7) is 1.38. The van der Waals surface area contributed by atoms with Crippen molar-refractivity contribution in [2.45, 2.75) is 6.92 Å². The number of hydrogen-bond donors (Lipinski definition) is 0. The normalized spacial score (nSPS) is 8.09. The Labute approximate surface area is 108 Å². The van der Waals surface area contributed by atoms with Crippen LogP contribution in [0.4, 0.5) is 0 Å². The van der Waals surface area contributed by atoms with Crippen LogP contribution in [-0.2, 0) is 4.79 Å². The van der Waals surface area contributed by atoms with Crippen molar-refractivity contribution in [1.29, 1.82) is 0 Å². The number of para-hydroxylation sites is 1. The molecule has 0 aliphatic heterocycles. The average Bonchev–Trinajstić information content (AvgIpc) is 1.88. The van der Waals surface area contributed by atoms with E-state index in [0.717, 1.165) is 0 Å². The molecule has 0 spiro atoms. The van der Waals surface area contributed by atoms with Crippen molar-refractivity contribution >= 4 is 57.4 Å². The van der Waals surface area contributed by atoms with Crippen LogP contribution in [0.5, 0.6) is 5.75 Å². The van der Waals surface area contributed by atoms with E-state index in [1.807, 2.05) is 18.2 Å². The second-order valence-corrected chi connectivity index (χ2v) is 1.91. The van der Waals surface area contributed by atoms with Crippen LogP contribution in [0.3, 0.4) is 0 Å². The van der Waals surface area contributed by atoms with E-state index in [4.69, 9.17) is 4.74 Å². The van der Waals surface area contributed by atoms with E-state index in [2.05, 4.69) is 0 Å². The van der Waals surface area contributed by atoms with Gasteiger partial charge in [0.25, 0.3) is 0 Å². The maximum atomic E-state index is 10.4. The van der Waals surface area contributed by atoms with Crippen molar-refractivity contribution < 1.29 is 9.53 Å². The Morgan fingerprint density at radius 2 is 1.82 bits per heavy atom. The summed E-state index contributed by atoms with van der Waals surface area (Å²) in [6, 6.07) is 8.98. The Morgan fingerprint density at radius 3 is 2.27 bits per heavy atom. The predicted octanol–water partition coefficient (Wildman–Crippen LogP) is 0.963. The van der Waals surface area contributed by atoms with Crippen LogP contribution in [0.2, 0.25) is 0 Å². The number of hydrogen-bond acceptors (Lipinski definition) is 2. The van der Waals surface area contributed by atoms with Crippen molar-refractivity contribution in [3.05, 3.63) is 30.3 Å². The third-order valence-electron chi connectivity index (χ3n) is 1.00. The molecule has 0 saturated carbocycles. The Balaban J connectivity index is 0.000001000. The second kappa shape index (κ2) is 5.91. The van der Waals surface area contributed by atoms with E-state index in [0.29, 0.717) is 5.75 Å². The van der Waals surface area contributed by atoms with Gasteiger partial charge in [-0.05, 0) is 12.1 Å². The van der Waals surface area contributed by atoms with Gasteiger partial charge in [0, 0.05) is 6.92 Å². The molecule has 0 N–H and O–H groups in total. The van der Waals surface area contributed by atoms with Crippen molar-refractivity contribution in [2.75, 3.05) is 0 Å². The van der Waals surface area contributed by atoms with Gasteiger partial charge >= 0.3 is 57.4 Å². The molecule has 0 radical (unpaired) electrons.